The third kappa shape index (κ3) is 7.76. The van der Waals surface area contributed by atoms with Gasteiger partial charge in [-0.3, -0.25) is 0 Å². The number of hydrogen-bond acceptors (Lipinski definition) is 3. The van der Waals surface area contributed by atoms with Crippen molar-refractivity contribution in [3.63, 3.8) is 0 Å². The van der Waals surface area contributed by atoms with E-state index in [-0.39, 0.29) is 29.3 Å². The molecular weight excluding hydrogens is 513 g/mol. The topological polar surface area (TPSA) is 27.7 Å². The molecule has 0 aromatic heterocycles. The summed E-state index contributed by atoms with van der Waals surface area (Å²) in [7, 11) is 0. The van der Waals surface area contributed by atoms with Gasteiger partial charge in [0, 0.05) is 17.9 Å². The summed E-state index contributed by atoms with van der Waals surface area (Å²) >= 11 is 0. The molecule has 4 rings (SSSR count). The van der Waals surface area contributed by atoms with Crippen molar-refractivity contribution in [1.82, 2.24) is 0 Å². The lowest BCUT2D eigenvalue weighted by Crippen LogP contribution is -2.31. The fourth-order valence-corrected chi connectivity index (χ4v) is 4.95. The van der Waals surface area contributed by atoms with E-state index < -0.39 is 11.6 Å². The van der Waals surface area contributed by atoms with E-state index in [1.54, 1.807) is 30.3 Å². The van der Waals surface area contributed by atoms with Gasteiger partial charge in [-0.25, -0.2) is 8.78 Å². The number of hydrogen-bond donors (Lipinski definition) is 0. The van der Waals surface area contributed by atoms with Crippen LogP contribution in [0.4, 0.5) is 13.2 Å². The highest BCUT2D eigenvalue weighted by Crippen LogP contribution is 2.33. The number of allylic oxidation sites excluding steroid dienone is 1. The van der Waals surface area contributed by atoms with Crippen LogP contribution in [-0.4, -0.2) is 26.1 Å². The molecular formula is C34H39F3O3. The van der Waals surface area contributed by atoms with Crippen molar-refractivity contribution in [1.29, 1.82) is 0 Å². The molecule has 0 aliphatic carbocycles. The van der Waals surface area contributed by atoms with Crippen molar-refractivity contribution in [2.75, 3.05) is 19.8 Å². The second-order valence-electron chi connectivity index (χ2n) is 10.3. The van der Waals surface area contributed by atoms with Gasteiger partial charge in [-0.05, 0) is 53.3 Å². The van der Waals surface area contributed by atoms with Gasteiger partial charge >= 0.3 is 0 Å². The fourth-order valence-electron chi connectivity index (χ4n) is 4.95. The molecule has 0 N–H and O–H groups in total. The predicted octanol–water partition coefficient (Wildman–Crippen LogP) is 9.60. The highest BCUT2D eigenvalue weighted by molar-refractivity contribution is 5.71. The molecule has 1 heterocycles. The van der Waals surface area contributed by atoms with Gasteiger partial charge in [-0.1, -0.05) is 81.5 Å². The first-order valence-corrected chi connectivity index (χ1v) is 14.4. The monoisotopic (exact) mass is 552 g/mol. The first-order chi connectivity index (χ1) is 19.5. The molecule has 40 heavy (non-hydrogen) atoms. The summed E-state index contributed by atoms with van der Waals surface area (Å²) in [6.07, 6.45) is 9.64. The predicted molar refractivity (Wildman–Crippen MR) is 154 cm³/mol. The Morgan fingerprint density at radius 3 is 2.20 bits per heavy atom. The third-order valence-corrected chi connectivity index (χ3v) is 7.34. The van der Waals surface area contributed by atoms with Gasteiger partial charge in [0.15, 0.2) is 17.9 Å². The Morgan fingerprint density at radius 1 is 0.825 bits per heavy atom. The van der Waals surface area contributed by atoms with Crippen LogP contribution < -0.4 is 4.74 Å². The highest BCUT2D eigenvalue weighted by atomic mass is 19.2. The van der Waals surface area contributed by atoms with Crippen LogP contribution in [0.1, 0.15) is 69.8 Å². The van der Waals surface area contributed by atoms with Crippen molar-refractivity contribution in [2.45, 2.75) is 70.5 Å². The normalized spacial score (nSPS) is 17.1. The van der Waals surface area contributed by atoms with E-state index in [2.05, 4.69) is 13.5 Å². The van der Waals surface area contributed by atoms with Crippen LogP contribution in [0.2, 0.25) is 0 Å². The highest BCUT2D eigenvalue weighted by Gasteiger charge is 2.25. The van der Waals surface area contributed by atoms with Crippen LogP contribution in [0.25, 0.3) is 22.3 Å². The number of ether oxygens (including phenoxy) is 3. The lowest BCUT2D eigenvalue weighted by Gasteiger charge is -2.29. The Hall–Kier alpha value is -3.09. The molecule has 0 spiro atoms. The Kier molecular flexibility index (Phi) is 11.2. The first-order valence-electron chi connectivity index (χ1n) is 14.4. The van der Waals surface area contributed by atoms with E-state index in [1.165, 1.54) is 37.5 Å². The zero-order valence-corrected chi connectivity index (χ0v) is 23.3. The van der Waals surface area contributed by atoms with Crippen LogP contribution in [0.15, 0.2) is 67.3 Å². The van der Waals surface area contributed by atoms with Crippen LogP contribution in [0.5, 0.6) is 5.75 Å². The molecule has 0 saturated carbocycles. The third-order valence-electron chi connectivity index (χ3n) is 7.34. The maximum Gasteiger partial charge on any atom is 0.201 e. The lowest BCUT2D eigenvalue weighted by atomic mass is 9.95. The average molecular weight is 553 g/mol. The van der Waals surface area contributed by atoms with Crippen molar-refractivity contribution >= 4 is 0 Å². The zero-order chi connectivity index (χ0) is 28.3. The average Bonchev–Trinajstić information content (AvgIpc) is 2.98. The van der Waals surface area contributed by atoms with E-state index >= 15 is 4.39 Å². The molecule has 6 heteroatoms. The smallest absolute Gasteiger partial charge is 0.201 e. The fraction of sp³-hybridized carbons (Fsp3) is 0.412. The lowest BCUT2D eigenvalue weighted by molar-refractivity contribution is -0.189. The van der Waals surface area contributed by atoms with Gasteiger partial charge in [-0.2, -0.15) is 4.39 Å². The van der Waals surface area contributed by atoms with E-state index in [4.69, 9.17) is 14.2 Å². The zero-order valence-electron chi connectivity index (χ0n) is 23.3. The minimum atomic E-state index is -0.979. The molecule has 1 fully saturated rings. The minimum absolute atomic E-state index is 0.0666. The van der Waals surface area contributed by atoms with Gasteiger partial charge in [-0.15, -0.1) is 6.58 Å². The molecule has 1 aliphatic heterocycles. The summed E-state index contributed by atoms with van der Waals surface area (Å²) in [4.78, 5) is 0. The number of halogens is 3. The van der Waals surface area contributed by atoms with Crippen LogP contribution in [-0.2, 0) is 9.47 Å². The Bertz CT molecular complexity index is 1230. The largest absolute Gasteiger partial charge is 0.490 e. The van der Waals surface area contributed by atoms with E-state index in [0.29, 0.717) is 36.5 Å². The molecule has 3 aromatic carbocycles. The van der Waals surface area contributed by atoms with Crippen molar-refractivity contribution in [3.05, 3.63) is 90.3 Å². The molecule has 1 aliphatic rings. The Balaban J connectivity index is 1.36. The van der Waals surface area contributed by atoms with E-state index in [1.807, 2.05) is 12.1 Å². The van der Waals surface area contributed by atoms with Crippen molar-refractivity contribution in [2.24, 2.45) is 0 Å². The minimum Gasteiger partial charge on any atom is -0.490 e. The summed E-state index contributed by atoms with van der Waals surface area (Å²) in [5.74, 6) is -2.48. The van der Waals surface area contributed by atoms with E-state index in [9.17, 15) is 8.78 Å². The molecule has 0 atom stereocenters. The molecule has 214 valence electrons. The number of rotatable bonds is 14. The summed E-state index contributed by atoms with van der Waals surface area (Å²) in [6.45, 7) is 7.04. The van der Waals surface area contributed by atoms with Gasteiger partial charge in [0.2, 0.25) is 5.82 Å². The maximum atomic E-state index is 15.1. The summed E-state index contributed by atoms with van der Waals surface area (Å²) < 4.78 is 61.7. The van der Waals surface area contributed by atoms with Crippen molar-refractivity contribution in [3.8, 4) is 28.0 Å². The van der Waals surface area contributed by atoms with Crippen LogP contribution >= 0.6 is 0 Å². The van der Waals surface area contributed by atoms with Gasteiger partial charge in [0.25, 0.3) is 0 Å². The molecule has 0 amide bonds. The number of unbranched alkanes of at least 4 members (excludes halogenated alkanes) is 5. The number of benzene rings is 3. The van der Waals surface area contributed by atoms with Gasteiger partial charge in [0.1, 0.15) is 5.82 Å². The summed E-state index contributed by atoms with van der Waals surface area (Å²) in [5, 5.41) is 0. The summed E-state index contributed by atoms with van der Waals surface area (Å²) in [5.41, 5.74) is 2.70. The quantitative estimate of drug-likeness (QED) is 0.147. The van der Waals surface area contributed by atoms with Gasteiger partial charge < -0.3 is 14.2 Å². The van der Waals surface area contributed by atoms with Gasteiger partial charge in [0.05, 0.1) is 19.8 Å². The van der Waals surface area contributed by atoms with Crippen LogP contribution in [0, 0.1) is 17.5 Å². The van der Waals surface area contributed by atoms with Crippen molar-refractivity contribution < 1.29 is 27.4 Å². The Labute approximate surface area is 236 Å². The first kappa shape index (κ1) is 29.9. The second kappa shape index (κ2) is 15.1. The van der Waals surface area contributed by atoms with Crippen LogP contribution in [0.3, 0.4) is 0 Å². The molecule has 0 bridgehead atoms. The standard InChI is InChI=1S/C34H39F3O3/c1-3-5-7-8-9-10-20-38-31-19-18-29(33(36)34(31)37)25-14-12-24(13-15-25)26-16-17-28(30(35)21-26)27-22-39-32(40-23-27)11-6-4-2/h4,12-19,21,27,32H,2-3,5-11,20,22-23H2,1H3. The molecule has 3 aromatic rings. The summed E-state index contributed by atoms with van der Waals surface area (Å²) in [6, 6.07) is 15.1. The maximum absolute atomic E-state index is 15.1. The molecule has 3 nitrogen and oxygen atoms in total. The second-order valence-corrected chi connectivity index (χ2v) is 10.3. The molecule has 0 unspecified atom stereocenters. The SMILES string of the molecule is C=CCCC1OCC(c2ccc(-c3ccc(-c4ccc(OCCCCCCCC)c(F)c4F)cc3)cc2F)CO1. The van der Waals surface area contributed by atoms with E-state index in [0.717, 1.165) is 37.7 Å². The Morgan fingerprint density at radius 2 is 1.50 bits per heavy atom. The molecule has 0 radical (unpaired) electrons. The molecule has 1 saturated heterocycles.